The van der Waals surface area contributed by atoms with Gasteiger partial charge in [0, 0.05) is 18.9 Å². The van der Waals surface area contributed by atoms with Crippen LogP contribution in [0.1, 0.15) is 37.7 Å². The fourth-order valence-electron chi connectivity index (χ4n) is 2.11. The molecule has 0 aromatic carbocycles. The van der Waals surface area contributed by atoms with Crippen LogP contribution in [0.4, 0.5) is 5.95 Å². The highest BCUT2D eigenvalue weighted by Crippen LogP contribution is 2.27. The Balaban J connectivity index is 1.88. The van der Waals surface area contributed by atoms with Crippen LogP contribution in [0.25, 0.3) is 0 Å². The Hall–Kier alpha value is -1.16. The summed E-state index contributed by atoms with van der Waals surface area (Å²) >= 11 is 0. The summed E-state index contributed by atoms with van der Waals surface area (Å²) in [4.78, 5) is 8.32. The van der Waals surface area contributed by atoms with E-state index in [2.05, 4.69) is 15.3 Å². The summed E-state index contributed by atoms with van der Waals surface area (Å²) in [5, 5.41) is 13.4. The van der Waals surface area contributed by atoms with Crippen LogP contribution in [0.5, 0.6) is 0 Å². The quantitative estimate of drug-likeness (QED) is 0.818. The van der Waals surface area contributed by atoms with E-state index in [1.807, 2.05) is 6.92 Å². The van der Waals surface area contributed by atoms with E-state index in [-0.39, 0.29) is 0 Å². The van der Waals surface area contributed by atoms with E-state index in [0.717, 1.165) is 31.2 Å². The Morgan fingerprint density at radius 1 is 1.25 bits per heavy atom. The first kappa shape index (κ1) is 11.3. The van der Waals surface area contributed by atoms with Gasteiger partial charge in [-0.25, -0.2) is 9.97 Å². The Morgan fingerprint density at radius 3 is 2.50 bits per heavy atom. The molecule has 4 heteroatoms. The minimum Gasteiger partial charge on any atom is -0.388 e. The summed E-state index contributed by atoms with van der Waals surface area (Å²) in [5.41, 5.74) is 0.480. The molecule has 16 heavy (non-hydrogen) atoms. The zero-order valence-corrected chi connectivity index (χ0v) is 9.74. The van der Waals surface area contributed by atoms with E-state index in [4.69, 9.17) is 0 Å². The SMILES string of the molecule is Cc1cnc(NCC2(O)CCCCC2)nc1. The first-order valence-corrected chi connectivity index (χ1v) is 5.93. The lowest BCUT2D eigenvalue weighted by Gasteiger charge is -2.32. The van der Waals surface area contributed by atoms with Crippen molar-refractivity contribution in [1.29, 1.82) is 0 Å². The van der Waals surface area contributed by atoms with Crippen molar-refractivity contribution >= 4 is 5.95 Å². The third-order valence-corrected chi connectivity index (χ3v) is 3.14. The Kier molecular flexibility index (Phi) is 3.39. The van der Waals surface area contributed by atoms with E-state index >= 15 is 0 Å². The normalized spacial score (nSPS) is 19.4. The maximum Gasteiger partial charge on any atom is 0.222 e. The first-order valence-electron chi connectivity index (χ1n) is 5.93. The number of aryl methyl sites for hydroxylation is 1. The molecule has 1 heterocycles. The molecule has 2 rings (SSSR count). The number of aromatic nitrogens is 2. The lowest BCUT2D eigenvalue weighted by molar-refractivity contribution is 0.0166. The largest absolute Gasteiger partial charge is 0.388 e. The fourth-order valence-corrected chi connectivity index (χ4v) is 2.11. The van der Waals surface area contributed by atoms with Gasteiger partial charge in [-0.05, 0) is 25.3 Å². The molecule has 4 nitrogen and oxygen atoms in total. The van der Waals surface area contributed by atoms with Crippen molar-refractivity contribution in [2.45, 2.75) is 44.6 Å². The second kappa shape index (κ2) is 4.78. The number of rotatable bonds is 3. The summed E-state index contributed by atoms with van der Waals surface area (Å²) in [6.45, 7) is 2.51. The molecule has 0 amide bonds. The molecule has 0 aliphatic heterocycles. The topological polar surface area (TPSA) is 58.0 Å². The average Bonchev–Trinajstić information content (AvgIpc) is 2.29. The second-order valence-corrected chi connectivity index (χ2v) is 4.72. The smallest absolute Gasteiger partial charge is 0.222 e. The van der Waals surface area contributed by atoms with Crippen LogP contribution >= 0.6 is 0 Å². The van der Waals surface area contributed by atoms with Crippen molar-refractivity contribution in [3.05, 3.63) is 18.0 Å². The van der Waals surface area contributed by atoms with Crippen LogP contribution in [0.3, 0.4) is 0 Å². The molecule has 0 atom stereocenters. The molecule has 88 valence electrons. The van der Waals surface area contributed by atoms with Crippen molar-refractivity contribution < 1.29 is 5.11 Å². The lowest BCUT2D eigenvalue weighted by atomic mass is 9.85. The van der Waals surface area contributed by atoms with Crippen LogP contribution < -0.4 is 5.32 Å². The van der Waals surface area contributed by atoms with Gasteiger partial charge in [-0.15, -0.1) is 0 Å². The van der Waals surface area contributed by atoms with Gasteiger partial charge in [-0.3, -0.25) is 0 Å². The average molecular weight is 221 g/mol. The predicted molar refractivity (Wildman–Crippen MR) is 63.3 cm³/mol. The van der Waals surface area contributed by atoms with Gasteiger partial charge >= 0.3 is 0 Å². The number of nitrogens with one attached hydrogen (secondary N) is 1. The Bertz CT molecular complexity index is 331. The highest BCUT2D eigenvalue weighted by molar-refractivity contribution is 5.25. The molecule has 1 aliphatic rings. The standard InChI is InChI=1S/C12H19N3O/c1-10-7-13-11(14-8-10)15-9-12(16)5-3-2-4-6-12/h7-8,16H,2-6,9H2,1H3,(H,13,14,15). The Labute approximate surface area is 96.1 Å². The minimum absolute atomic E-state index is 0.552. The van der Waals surface area contributed by atoms with Crippen LogP contribution in [0.15, 0.2) is 12.4 Å². The van der Waals surface area contributed by atoms with Crippen LogP contribution in [0.2, 0.25) is 0 Å². The molecule has 1 fully saturated rings. The molecule has 0 radical (unpaired) electrons. The molecule has 0 bridgehead atoms. The van der Waals surface area contributed by atoms with Crippen LogP contribution in [-0.2, 0) is 0 Å². The molecule has 1 aromatic rings. The molecule has 0 spiro atoms. The molecule has 1 aliphatic carbocycles. The van der Waals surface area contributed by atoms with Gasteiger partial charge in [0.1, 0.15) is 0 Å². The van der Waals surface area contributed by atoms with E-state index in [1.54, 1.807) is 12.4 Å². The van der Waals surface area contributed by atoms with Gasteiger partial charge in [-0.2, -0.15) is 0 Å². The van der Waals surface area contributed by atoms with E-state index < -0.39 is 5.60 Å². The molecule has 2 N–H and O–H groups in total. The zero-order valence-electron chi connectivity index (χ0n) is 9.74. The third kappa shape index (κ3) is 2.92. The summed E-state index contributed by atoms with van der Waals surface area (Å²) < 4.78 is 0. The van der Waals surface area contributed by atoms with Crippen molar-refractivity contribution in [3.63, 3.8) is 0 Å². The van der Waals surface area contributed by atoms with Crippen molar-refractivity contribution in [3.8, 4) is 0 Å². The van der Waals surface area contributed by atoms with Crippen LogP contribution in [-0.4, -0.2) is 27.2 Å². The summed E-state index contributed by atoms with van der Waals surface area (Å²) in [6.07, 6.45) is 8.79. The maximum atomic E-state index is 10.3. The number of hydrogen-bond acceptors (Lipinski definition) is 4. The van der Waals surface area contributed by atoms with Gasteiger partial charge < -0.3 is 10.4 Å². The highest BCUT2D eigenvalue weighted by Gasteiger charge is 2.28. The van der Waals surface area contributed by atoms with Gasteiger partial charge in [0.15, 0.2) is 0 Å². The van der Waals surface area contributed by atoms with E-state index in [0.29, 0.717) is 12.5 Å². The van der Waals surface area contributed by atoms with E-state index in [9.17, 15) is 5.11 Å². The third-order valence-electron chi connectivity index (χ3n) is 3.14. The summed E-state index contributed by atoms with van der Waals surface area (Å²) in [7, 11) is 0. The number of hydrogen-bond donors (Lipinski definition) is 2. The highest BCUT2D eigenvalue weighted by atomic mass is 16.3. The number of aliphatic hydroxyl groups is 1. The van der Waals surface area contributed by atoms with Gasteiger partial charge in [-0.1, -0.05) is 19.3 Å². The predicted octanol–water partition coefficient (Wildman–Crippen LogP) is 1.89. The minimum atomic E-state index is -0.563. The first-order chi connectivity index (χ1) is 7.68. The van der Waals surface area contributed by atoms with Crippen molar-refractivity contribution in [2.24, 2.45) is 0 Å². The van der Waals surface area contributed by atoms with Gasteiger partial charge in [0.2, 0.25) is 5.95 Å². The van der Waals surface area contributed by atoms with E-state index in [1.165, 1.54) is 6.42 Å². The van der Waals surface area contributed by atoms with Crippen molar-refractivity contribution in [2.75, 3.05) is 11.9 Å². The fraction of sp³-hybridized carbons (Fsp3) is 0.667. The number of anilines is 1. The molecular formula is C12H19N3O. The molecule has 1 saturated carbocycles. The molecular weight excluding hydrogens is 202 g/mol. The molecule has 1 aromatic heterocycles. The van der Waals surface area contributed by atoms with Crippen molar-refractivity contribution in [1.82, 2.24) is 9.97 Å². The van der Waals surface area contributed by atoms with Crippen LogP contribution in [0, 0.1) is 6.92 Å². The Morgan fingerprint density at radius 2 is 1.88 bits per heavy atom. The number of nitrogens with zero attached hydrogens (tertiary/aromatic N) is 2. The van der Waals surface area contributed by atoms with Gasteiger partial charge in [0.25, 0.3) is 0 Å². The maximum absolute atomic E-state index is 10.3. The second-order valence-electron chi connectivity index (χ2n) is 4.72. The lowest BCUT2D eigenvalue weighted by Crippen LogP contribution is -2.39. The summed E-state index contributed by atoms with van der Waals surface area (Å²) in [6, 6.07) is 0. The molecule has 0 unspecified atom stereocenters. The molecule has 0 saturated heterocycles. The monoisotopic (exact) mass is 221 g/mol. The zero-order chi connectivity index (χ0) is 11.4. The van der Waals surface area contributed by atoms with Gasteiger partial charge in [0.05, 0.1) is 5.60 Å². The summed E-state index contributed by atoms with van der Waals surface area (Å²) in [5.74, 6) is 0.601.